The van der Waals surface area contributed by atoms with Crippen LogP contribution in [0.25, 0.3) is 0 Å². The van der Waals surface area contributed by atoms with Crippen molar-refractivity contribution < 1.29 is 13.9 Å². The zero-order chi connectivity index (χ0) is 19.5. The molecule has 0 fully saturated rings. The van der Waals surface area contributed by atoms with Crippen LogP contribution in [-0.4, -0.2) is 33.2 Å². The second kappa shape index (κ2) is 7.84. The van der Waals surface area contributed by atoms with Gasteiger partial charge in [-0.1, -0.05) is 12.1 Å². The summed E-state index contributed by atoms with van der Waals surface area (Å²) in [5.41, 5.74) is 2.04. The van der Waals surface area contributed by atoms with Crippen molar-refractivity contribution in [1.29, 1.82) is 0 Å². The molecule has 0 bridgehead atoms. The molecule has 146 valence electrons. The lowest BCUT2D eigenvalue weighted by atomic mass is 9.93. The first-order chi connectivity index (χ1) is 13.7. The number of nitrogens with zero attached hydrogens (tertiary/aromatic N) is 4. The number of aryl methyl sites for hydroxylation is 2. The summed E-state index contributed by atoms with van der Waals surface area (Å²) >= 11 is 0. The van der Waals surface area contributed by atoms with Crippen LogP contribution < -0.4 is 10.1 Å². The lowest BCUT2D eigenvalue weighted by molar-refractivity contribution is -0.125. The highest BCUT2D eigenvalue weighted by Crippen LogP contribution is 2.31. The van der Waals surface area contributed by atoms with E-state index in [1.165, 1.54) is 0 Å². The molecule has 1 amide bonds. The number of rotatable bonds is 6. The smallest absolute Gasteiger partial charge is 0.245 e. The molecule has 8 heteroatoms. The van der Waals surface area contributed by atoms with E-state index >= 15 is 0 Å². The summed E-state index contributed by atoms with van der Waals surface area (Å²) < 4.78 is 12.4. The Bertz CT molecular complexity index is 964. The van der Waals surface area contributed by atoms with E-state index in [4.69, 9.17) is 9.15 Å². The number of hydrogen-bond donors (Lipinski definition) is 1. The van der Waals surface area contributed by atoms with Crippen molar-refractivity contribution in [3.05, 3.63) is 59.3 Å². The van der Waals surface area contributed by atoms with E-state index in [1.54, 1.807) is 25.0 Å². The van der Waals surface area contributed by atoms with Crippen LogP contribution in [0.5, 0.6) is 5.75 Å². The lowest BCUT2D eigenvalue weighted by Gasteiger charge is -2.25. The molecular weight excluding hydrogens is 358 g/mol. The highest BCUT2D eigenvalue weighted by Gasteiger charge is 2.29. The maximum absolute atomic E-state index is 13.3. The van der Waals surface area contributed by atoms with Gasteiger partial charge in [-0.2, -0.15) is 0 Å². The van der Waals surface area contributed by atoms with Crippen LogP contribution in [0.2, 0.25) is 0 Å². The number of tetrazole rings is 1. The third-order valence-electron chi connectivity index (χ3n) is 5.19. The summed E-state index contributed by atoms with van der Waals surface area (Å²) in [5, 5.41) is 14.9. The van der Waals surface area contributed by atoms with Crippen LogP contribution >= 0.6 is 0 Å². The molecule has 0 radical (unpaired) electrons. The van der Waals surface area contributed by atoms with Gasteiger partial charge in [-0.05, 0) is 54.0 Å². The van der Waals surface area contributed by atoms with Crippen LogP contribution in [0.15, 0.2) is 41.0 Å². The van der Waals surface area contributed by atoms with Crippen LogP contribution in [0.4, 0.5) is 0 Å². The SMILES string of the molecule is COc1cccc(C[C@@H](C(=O)N[C@H]2CCCc3occc32)n2nnnc2C)c1. The topological polar surface area (TPSA) is 95.1 Å². The molecule has 1 aromatic carbocycles. The molecule has 2 aromatic heterocycles. The molecule has 8 nitrogen and oxygen atoms in total. The molecule has 3 aromatic rings. The molecule has 4 rings (SSSR count). The molecule has 0 saturated carbocycles. The highest BCUT2D eigenvalue weighted by molar-refractivity contribution is 5.81. The molecular formula is C20H23N5O3. The Kier molecular flexibility index (Phi) is 5.10. The van der Waals surface area contributed by atoms with Crippen molar-refractivity contribution in [2.45, 2.75) is 44.7 Å². The average molecular weight is 381 g/mol. The number of fused-ring (bicyclic) bond motifs is 1. The standard InChI is InChI=1S/C20H23N5O3/c1-13-22-23-24-25(13)18(12-14-5-3-6-15(11-14)27-2)20(26)21-17-7-4-8-19-16(17)9-10-28-19/h3,5-6,9-11,17-18H,4,7-8,12H2,1-2H3,(H,21,26)/t17-,18-/m0/s1. The molecule has 0 saturated heterocycles. The fourth-order valence-electron chi connectivity index (χ4n) is 3.74. The minimum atomic E-state index is -0.556. The molecule has 1 N–H and O–H groups in total. The number of methoxy groups -OCH3 is 1. The number of amides is 1. The predicted octanol–water partition coefficient (Wildman–Crippen LogP) is 2.56. The summed E-state index contributed by atoms with van der Waals surface area (Å²) in [7, 11) is 1.63. The molecule has 0 aliphatic heterocycles. The molecule has 2 heterocycles. The van der Waals surface area contributed by atoms with Crippen LogP contribution in [0.3, 0.4) is 0 Å². The van der Waals surface area contributed by atoms with Gasteiger partial charge in [0.1, 0.15) is 23.4 Å². The average Bonchev–Trinajstić information content (AvgIpc) is 3.35. The number of carbonyl (C=O) groups excluding carboxylic acids is 1. The van der Waals surface area contributed by atoms with Crippen molar-refractivity contribution in [1.82, 2.24) is 25.5 Å². The number of carbonyl (C=O) groups is 1. The maximum Gasteiger partial charge on any atom is 0.245 e. The number of ether oxygens (including phenoxy) is 1. The summed E-state index contributed by atoms with van der Waals surface area (Å²) in [6, 6.07) is 9.02. The van der Waals surface area contributed by atoms with E-state index in [-0.39, 0.29) is 11.9 Å². The highest BCUT2D eigenvalue weighted by atomic mass is 16.5. The van der Waals surface area contributed by atoms with Gasteiger partial charge in [-0.25, -0.2) is 4.68 Å². The van der Waals surface area contributed by atoms with Crippen LogP contribution in [0, 0.1) is 6.92 Å². The maximum atomic E-state index is 13.3. The number of hydrogen-bond acceptors (Lipinski definition) is 6. The normalized spacial score (nSPS) is 17.0. The molecule has 2 atom stereocenters. The first-order valence-electron chi connectivity index (χ1n) is 9.39. The Labute approximate surface area is 162 Å². The number of furan rings is 1. The third-order valence-corrected chi connectivity index (χ3v) is 5.19. The summed E-state index contributed by atoms with van der Waals surface area (Å²) in [4.78, 5) is 13.3. The molecule has 0 unspecified atom stereocenters. The number of aromatic nitrogens is 4. The zero-order valence-electron chi connectivity index (χ0n) is 16.0. The van der Waals surface area contributed by atoms with Crippen molar-refractivity contribution in [3.63, 3.8) is 0 Å². The number of nitrogens with one attached hydrogen (secondary N) is 1. The molecule has 28 heavy (non-hydrogen) atoms. The Balaban J connectivity index is 1.59. The second-order valence-corrected chi connectivity index (χ2v) is 6.99. The van der Waals surface area contributed by atoms with Crippen molar-refractivity contribution >= 4 is 5.91 Å². The molecule has 1 aliphatic carbocycles. The van der Waals surface area contributed by atoms with Gasteiger partial charge in [0.25, 0.3) is 0 Å². The van der Waals surface area contributed by atoms with Crippen molar-refractivity contribution in [2.24, 2.45) is 0 Å². The quantitative estimate of drug-likeness (QED) is 0.705. The van der Waals surface area contributed by atoms with Crippen molar-refractivity contribution in [2.75, 3.05) is 7.11 Å². The van der Waals surface area contributed by atoms with Gasteiger partial charge in [0.05, 0.1) is 19.4 Å². The van der Waals surface area contributed by atoms with E-state index in [0.29, 0.717) is 12.2 Å². The summed E-state index contributed by atoms with van der Waals surface area (Å²) in [5.74, 6) is 2.19. The monoisotopic (exact) mass is 381 g/mol. The fourth-order valence-corrected chi connectivity index (χ4v) is 3.74. The fraction of sp³-hybridized carbons (Fsp3) is 0.400. The van der Waals surface area contributed by atoms with Gasteiger partial charge >= 0.3 is 0 Å². The van der Waals surface area contributed by atoms with E-state index in [1.807, 2.05) is 30.3 Å². The van der Waals surface area contributed by atoms with E-state index in [9.17, 15) is 4.79 Å². The number of benzene rings is 1. The predicted molar refractivity (Wildman–Crippen MR) is 101 cm³/mol. The largest absolute Gasteiger partial charge is 0.497 e. The summed E-state index contributed by atoms with van der Waals surface area (Å²) in [6.45, 7) is 1.79. The minimum absolute atomic E-state index is 0.0559. The van der Waals surface area contributed by atoms with Gasteiger partial charge < -0.3 is 14.5 Å². The van der Waals surface area contributed by atoms with E-state index in [0.717, 1.165) is 41.9 Å². The zero-order valence-corrected chi connectivity index (χ0v) is 16.0. The van der Waals surface area contributed by atoms with Crippen molar-refractivity contribution in [3.8, 4) is 5.75 Å². The minimum Gasteiger partial charge on any atom is -0.497 e. The second-order valence-electron chi connectivity index (χ2n) is 6.99. The van der Waals surface area contributed by atoms with Gasteiger partial charge in [0.2, 0.25) is 5.91 Å². The van der Waals surface area contributed by atoms with Gasteiger partial charge in [-0.15, -0.1) is 5.10 Å². The Hall–Kier alpha value is -3.16. The third kappa shape index (κ3) is 3.62. The first kappa shape index (κ1) is 18.2. The Morgan fingerprint density at radius 2 is 2.32 bits per heavy atom. The molecule has 0 spiro atoms. The van der Waals surface area contributed by atoms with Gasteiger partial charge in [0, 0.05) is 18.4 Å². The first-order valence-corrected chi connectivity index (χ1v) is 9.39. The van der Waals surface area contributed by atoms with E-state index in [2.05, 4.69) is 20.8 Å². The van der Waals surface area contributed by atoms with Crippen LogP contribution in [-0.2, 0) is 17.6 Å². The summed E-state index contributed by atoms with van der Waals surface area (Å²) in [6.07, 6.45) is 4.93. The Morgan fingerprint density at radius 1 is 1.43 bits per heavy atom. The lowest BCUT2D eigenvalue weighted by Crippen LogP contribution is -2.38. The van der Waals surface area contributed by atoms with Gasteiger partial charge in [0.15, 0.2) is 0 Å². The molecule has 1 aliphatic rings. The van der Waals surface area contributed by atoms with E-state index < -0.39 is 6.04 Å². The Morgan fingerprint density at radius 3 is 3.11 bits per heavy atom. The van der Waals surface area contributed by atoms with Gasteiger partial charge in [-0.3, -0.25) is 4.79 Å². The van der Waals surface area contributed by atoms with Crippen LogP contribution in [0.1, 0.15) is 47.6 Å².